The Hall–Kier alpha value is -0.910. The van der Waals surface area contributed by atoms with Gasteiger partial charge >= 0.3 is 0 Å². The molecule has 0 aromatic carbocycles. The molecule has 0 saturated heterocycles. The molecule has 0 unspecified atom stereocenters. The lowest BCUT2D eigenvalue weighted by Crippen LogP contribution is -2.35. The average molecular weight is 277 g/mol. The van der Waals surface area contributed by atoms with Crippen molar-refractivity contribution in [3.63, 3.8) is 0 Å². The van der Waals surface area contributed by atoms with Crippen LogP contribution in [0.15, 0.2) is 6.33 Å². The summed E-state index contributed by atoms with van der Waals surface area (Å²) in [6.45, 7) is 2.03. The second-order valence-electron chi connectivity index (χ2n) is 3.57. The monoisotopic (exact) mass is 276 g/mol. The molecule has 7 heteroatoms. The van der Waals surface area contributed by atoms with E-state index in [0.717, 1.165) is 12.8 Å². The van der Waals surface area contributed by atoms with Crippen molar-refractivity contribution in [1.29, 1.82) is 0 Å². The van der Waals surface area contributed by atoms with E-state index in [4.69, 9.17) is 28.9 Å². The Kier molecular flexibility index (Phi) is 5.61. The standard InChI is InChI=1S/C10H14Cl2N4O/c1-2-3-4-6(13)10(17)16-9-7(11)8(12)14-5-15-9/h5-6H,2-4,13H2,1H3,(H,14,15,16,17)/t6-/m0/s1. The highest BCUT2D eigenvalue weighted by Crippen LogP contribution is 2.25. The van der Waals surface area contributed by atoms with Crippen LogP contribution in [-0.4, -0.2) is 21.9 Å². The zero-order valence-electron chi connectivity index (χ0n) is 9.41. The third kappa shape index (κ3) is 4.11. The summed E-state index contributed by atoms with van der Waals surface area (Å²) in [5.41, 5.74) is 5.71. The van der Waals surface area contributed by atoms with Gasteiger partial charge in [-0.1, -0.05) is 43.0 Å². The summed E-state index contributed by atoms with van der Waals surface area (Å²) in [7, 11) is 0. The van der Waals surface area contributed by atoms with Gasteiger partial charge in [-0.3, -0.25) is 4.79 Å². The smallest absolute Gasteiger partial charge is 0.242 e. The van der Waals surface area contributed by atoms with Crippen molar-refractivity contribution in [3.05, 3.63) is 16.5 Å². The molecule has 0 saturated carbocycles. The number of nitrogens with zero attached hydrogens (tertiary/aromatic N) is 2. The largest absolute Gasteiger partial charge is 0.320 e. The van der Waals surface area contributed by atoms with Crippen LogP contribution in [0.4, 0.5) is 5.82 Å². The lowest BCUT2D eigenvalue weighted by molar-refractivity contribution is -0.117. The van der Waals surface area contributed by atoms with Crippen molar-refractivity contribution in [2.75, 3.05) is 5.32 Å². The van der Waals surface area contributed by atoms with Gasteiger partial charge in [0.05, 0.1) is 6.04 Å². The summed E-state index contributed by atoms with van der Waals surface area (Å²) in [5, 5.41) is 2.74. The van der Waals surface area contributed by atoms with Crippen LogP contribution in [0.2, 0.25) is 10.2 Å². The molecule has 0 aliphatic carbocycles. The number of carbonyl (C=O) groups excluding carboxylic acids is 1. The summed E-state index contributed by atoms with van der Waals surface area (Å²) < 4.78 is 0. The van der Waals surface area contributed by atoms with E-state index in [1.165, 1.54) is 6.33 Å². The molecule has 17 heavy (non-hydrogen) atoms. The Bertz CT molecular complexity index is 400. The third-order valence-electron chi connectivity index (χ3n) is 2.19. The predicted molar refractivity (Wildman–Crippen MR) is 68.2 cm³/mol. The quantitative estimate of drug-likeness (QED) is 0.809. The van der Waals surface area contributed by atoms with E-state index < -0.39 is 6.04 Å². The molecule has 1 heterocycles. The molecule has 0 aliphatic rings. The topological polar surface area (TPSA) is 80.9 Å². The van der Waals surface area contributed by atoms with Gasteiger partial charge in [0.15, 0.2) is 11.0 Å². The highest BCUT2D eigenvalue weighted by atomic mass is 35.5. The van der Waals surface area contributed by atoms with Crippen LogP contribution >= 0.6 is 23.2 Å². The number of hydrogen-bond acceptors (Lipinski definition) is 4. The van der Waals surface area contributed by atoms with Crippen molar-refractivity contribution in [2.45, 2.75) is 32.2 Å². The van der Waals surface area contributed by atoms with Gasteiger partial charge in [0, 0.05) is 0 Å². The molecule has 94 valence electrons. The first-order valence-electron chi connectivity index (χ1n) is 5.28. The summed E-state index contributed by atoms with van der Waals surface area (Å²) in [5.74, 6) is -0.140. The highest BCUT2D eigenvalue weighted by molar-refractivity contribution is 6.42. The number of nitrogens with two attached hydrogens (primary N) is 1. The van der Waals surface area contributed by atoms with Gasteiger partial charge in [0.25, 0.3) is 0 Å². The van der Waals surface area contributed by atoms with E-state index >= 15 is 0 Å². The van der Waals surface area contributed by atoms with E-state index in [1.54, 1.807) is 0 Å². The Labute approximate surface area is 110 Å². The minimum absolute atomic E-state index is 0.0964. The van der Waals surface area contributed by atoms with Gasteiger partial charge in [-0.05, 0) is 6.42 Å². The summed E-state index contributed by atoms with van der Waals surface area (Å²) >= 11 is 11.5. The van der Waals surface area contributed by atoms with Gasteiger partial charge in [-0.2, -0.15) is 0 Å². The molecule has 0 spiro atoms. The molecule has 1 aromatic rings. The number of hydrogen-bond donors (Lipinski definition) is 2. The molecular weight excluding hydrogens is 263 g/mol. The minimum Gasteiger partial charge on any atom is -0.320 e. The lowest BCUT2D eigenvalue weighted by atomic mass is 10.1. The van der Waals surface area contributed by atoms with Crippen LogP contribution in [0.1, 0.15) is 26.2 Å². The summed E-state index contributed by atoms with van der Waals surface area (Å²) in [6.07, 6.45) is 3.73. The fraction of sp³-hybridized carbons (Fsp3) is 0.500. The second-order valence-corrected chi connectivity index (χ2v) is 4.30. The maximum atomic E-state index is 11.7. The molecule has 5 nitrogen and oxygen atoms in total. The van der Waals surface area contributed by atoms with Crippen LogP contribution in [0, 0.1) is 0 Å². The Morgan fingerprint density at radius 2 is 2.24 bits per heavy atom. The summed E-state index contributed by atoms with van der Waals surface area (Å²) in [4.78, 5) is 19.2. The van der Waals surface area contributed by atoms with Crippen LogP contribution < -0.4 is 11.1 Å². The SMILES string of the molecule is CCCC[C@H](N)C(=O)Nc1ncnc(Cl)c1Cl. The first-order valence-corrected chi connectivity index (χ1v) is 6.04. The number of unbranched alkanes of at least 4 members (excludes halogenated alkanes) is 1. The zero-order valence-corrected chi connectivity index (χ0v) is 10.9. The van der Waals surface area contributed by atoms with Gasteiger partial charge in [-0.25, -0.2) is 9.97 Å². The average Bonchev–Trinajstić information content (AvgIpc) is 2.31. The van der Waals surface area contributed by atoms with Gasteiger partial charge in [0.1, 0.15) is 11.3 Å². The maximum absolute atomic E-state index is 11.7. The molecule has 0 radical (unpaired) electrons. The van der Waals surface area contributed by atoms with Crippen molar-refractivity contribution in [3.8, 4) is 0 Å². The Morgan fingerprint density at radius 1 is 1.53 bits per heavy atom. The van der Waals surface area contributed by atoms with E-state index in [1.807, 2.05) is 6.92 Å². The molecule has 0 aliphatic heterocycles. The van der Waals surface area contributed by atoms with Gasteiger partial charge < -0.3 is 11.1 Å². The van der Waals surface area contributed by atoms with Crippen LogP contribution in [0.5, 0.6) is 0 Å². The maximum Gasteiger partial charge on any atom is 0.242 e. The number of halogens is 2. The first kappa shape index (κ1) is 14.2. The number of amides is 1. The normalized spacial score (nSPS) is 12.2. The number of anilines is 1. The summed E-state index contributed by atoms with van der Waals surface area (Å²) in [6, 6.07) is -0.570. The fourth-order valence-electron chi connectivity index (χ4n) is 1.20. The third-order valence-corrected chi connectivity index (χ3v) is 2.94. The molecule has 0 bridgehead atoms. The molecule has 3 N–H and O–H groups in total. The first-order chi connectivity index (χ1) is 8.06. The number of rotatable bonds is 5. The van der Waals surface area contributed by atoms with Crippen molar-refractivity contribution >= 4 is 34.9 Å². The van der Waals surface area contributed by atoms with Gasteiger partial charge in [-0.15, -0.1) is 0 Å². The lowest BCUT2D eigenvalue weighted by Gasteiger charge is -2.11. The van der Waals surface area contributed by atoms with Crippen molar-refractivity contribution in [2.24, 2.45) is 5.73 Å². The molecule has 0 fully saturated rings. The Morgan fingerprint density at radius 3 is 2.88 bits per heavy atom. The van der Waals surface area contributed by atoms with Gasteiger partial charge in [0.2, 0.25) is 5.91 Å². The minimum atomic E-state index is -0.570. The molecule has 1 atom stereocenters. The molecular formula is C10H14Cl2N4O. The fourth-order valence-corrected chi connectivity index (χ4v) is 1.48. The number of carbonyl (C=O) groups is 1. The van der Waals surface area contributed by atoms with Crippen LogP contribution in [-0.2, 0) is 4.79 Å². The Balaban J connectivity index is 2.64. The molecule has 1 amide bonds. The second kappa shape index (κ2) is 6.74. The van der Waals surface area contributed by atoms with E-state index in [9.17, 15) is 4.79 Å². The number of aromatic nitrogens is 2. The highest BCUT2D eigenvalue weighted by Gasteiger charge is 2.16. The van der Waals surface area contributed by atoms with Crippen molar-refractivity contribution in [1.82, 2.24) is 9.97 Å². The van der Waals surface area contributed by atoms with E-state index in [2.05, 4.69) is 15.3 Å². The van der Waals surface area contributed by atoms with E-state index in [-0.39, 0.29) is 21.9 Å². The predicted octanol–water partition coefficient (Wildman–Crippen LogP) is 2.24. The molecule has 1 rings (SSSR count). The zero-order chi connectivity index (χ0) is 12.8. The van der Waals surface area contributed by atoms with Crippen LogP contribution in [0.25, 0.3) is 0 Å². The van der Waals surface area contributed by atoms with E-state index in [0.29, 0.717) is 6.42 Å². The van der Waals surface area contributed by atoms with Crippen LogP contribution in [0.3, 0.4) is 0 Å². The molecule has 1 aromatic heterocycles. The van der Waals surface area contributed by atoms with Crippen molar-refractivity contribution < 1.29 is 4.79 Å². The number of nitrogens with one attached hydrogen (secondary N) is 1.